The molecule has 0 bridgehead atoms. The van der Waals surface area contributed by atoms with Crippen molar-refractivity contribution in [1.29, 1.82) is 0 Å². The Morgan fingerprint density at radius 1 is 0.301 bits per heavy atom. The van der Waals surface area contributed by atoms with Crippen molar-refractivity contribution in [2.45, 2.75) is 388 Å². The Balaban J connectivity index is 5.23. The number of hydrogen-bond donors (Lipinski definition) is 3. The second kappa shape index (κ2) is 63.5. The van der Waals surface area contributed by atoms with Gasteiger partial charge in [0.2, 0.25) is 0 Å². The molecule has 0 amide bonds. The van der Waals surface area contributed by atoms with Gasteiger partial charge in [0, 0.05) is 25.7 Å². The van der Waals surface area contributed by atoms with E-state index in [1.165, 1.54) is 167 Å². The van der Waals surface area contributed by atoms with E-state index in [-0.39, 0.29) is 25.7 Å². The number of carbonyl (C=O) groups is 4. The molecule has 0 aromatic carbocycles. The summed E-state index contributed by atoms with van der Waals surface area (Å²) < 4.78 is 68.4. The highest BCUT2D eigenvalue weighted by Crippen LogP contribution is 2.45. The Morgan fingerprint density at radius 3 is 0.763 bits per heavy atom. The van der Waals surface area contributed by atoms with Gasteiger partial charge in [-0.05, 0) is 49.4 Å². The molecule has 0 aliphatic rings. The summed E-state index contributed by atoms with van der Waals surface area (Å²) in [6.07, 6.45) is 47.4. The van der Waals surface area contributed by atoms with Crippen LogP contribution in [0.4, 0.5) is 0 Å². The fraction of sp³-hybridized carbons (Fsp3) is 0.946. The lowest BCUT2D eigenvalue weighted by atomic mass is 10.00. The van der Waals surface area contributed by atoms with Crippen LogP contribution in [0.3, 0.4) is 0 Å². The predicted molar refractivity (Wildman–Crippen MR) is 377 cm³/mol. The highest BCUT2D eigenvalue weighted by atomic mass is 31.2. The average molecular weight is 1370 g/mol. The number of carbonyl (C=O) groups excluding carboxylic acids is 4. The van der Waals surface area contributed by atoms with E-state index >= 15 is 0 Å². The summed E-state index contributed by atoms with van der Waals surface area (Å²) in [5, 5.41) is 10.6. The molecule has 0 aliphatic carbocycles. The van der Waals surface area contributed by atoms with Crippen molar-refractivity contribution in [3.8, 4) is 0 Å². The van der Waals surface area contributed by atoms with Gasteiger partial charge in [-0.2, -0.15) is 0 Å². The molecule has 93 heavy (non-hydrogen) atoms. The summed E-state index contributed by atoms with van der Waals surface area (Å²) in [5.74, 6) is 0.878. The molecule has 0 spiro atoms. The third-order valence-corrected chi connectivity index (χ3v) is 19.3. The lowest BCUT2D eigenvalue weighted by molar-refractivity contribution is -0.161. The number of aliphatic hydroxyl groups is 1. The molecule has 19 heteroatoms. The van der Waals surface area contributed by atoms with Gasteiger partial charge in [0.25, 0.3) is 0 Å². The first kappa shape index (κ1) is 91.1. The van der Waals surface area contributed by atoms with Crippen LogP contribution < -0.4 is 0 Å². The Hall–Kier alpha value is -1.94. The van der Waals surface area contributed by atoms with Gasteiger partial charge in [-0.1, -0.05) is 319 Å². The number of ether oxygens (including phenoxy) is 4. The molecule has 0 aliphatic heterocycles. The molecule has 3 N–H and O–H groups in total. The van der Waals surface area contributed by atoms with Crippen molar-refractivity contribution in [3.05, 3.63) is 0 Å². The number of phosphoric ester groups is 2. The van der Waals surface area contributed by atoms with Gasteiger partial charge in [-0.25, -0.2) is 9.13 Å². The Bertz CT molecular complexity index is 1840. The molecule has 0 rings (SSSR count). The van der Waals surface area contributed by atoms with Crippen LogP contribution >= 0.6 is 15.6 Å². The first-order valence-corrected chi connectivity index (χ1v) is 41.2. The smallest absolute Gasteiger partial charge is 0.462 e. The standard InChI is InChI=1S/C74H144O17P2/c1-9-67(8)53-45-37-32-33-41-49-57-74(79)91-70(61-85-72(77)55-47-39-31-25-28-36-44-52-66(6)7)63-89-93(82,83)87-59-68(75)58-86-92(80,81)88-62-69(60-84-71(76)54-46-38-29-23-20-16-18-22-27-35-43-51-65(4)5)90-73(78)56-48-40-30-24-19-15-13-11-10-12-14-17-21-26-34-42-50-64(2)3/h64-70,75H,9-63H2,1-8H3,(H,80,81)(H,82,83)/t67?,68?,69-,70-/m1/s1. The highest BCUT2D eigenvalue weighted by Gasteiger charge is 2.30. The fourth-order valence-electron chi connectivity index (χ4n) is 11.2. The minimum atomic E-state index is -4.96. The maximum absolute atomic E-state index is 13.1. The zero-order chi connectivity index (χ0) is 68.9. The third-order valence-electron chi connectivity index (χ3n) is 17.4. The SMILES string of the molecule is CCC(C)CCCCCCCCC(=O)O[C@H](COC(=O)CCCCCCCCCC(C)C)COP(=O)(O)OCC(O)COP(=O)(O)OC[C@@H](COC(=O)CCCCCCCCCCCCCC(C)C)OC(=O)CCCCCCCCCCCCCCCCCCC(C)C. The van der Waals surface area contributed by atoms with E-state index in [0.717, 1.165) is 114 Å². The zero-order valence-electron chi connectivity index (χ0n) is 60.9. The lowest BCUT2D eigenvalue weighted by Gasteiger charge is -2.21. The van der Waals surface area contributed by atoms with Crippen LogP contribution in [0, 0.1) is 23.7 Å². The fourth-order valence-corrected chi connectivity index (χ4v) is 12.7. The van der Waals surface area contributed by atoms with Gasteiger partial charge < -0.3 is 33.8 Å². The Labute approximate surface area is 568 Å². The normalized spacial score (nSPS) is 14.5. The molecular formula is C74H144O17P2. The van der Waals surface area contributed by atoms with Crippen molar-refractivity contribution >= 4 is 39.5 Å². The third kappa shape index (κ3) is 67.0. The first-order valence-electron chi connectivity index (χ1n) is 38.2. The molecule has 0 radical (unpaired) electrons. The quantitative estimate of drug-likeness (QED) is 0.0222. The Kier molecular flexibility index (Phi) is 62.2. The number of esters is 4. The van der Waals surface area contributed by atoms with Crippen molar-refractivity contribution in [2.75, 3.05) is 39.6 Å². The van der Waals surface area contributed by atoms with E-state index in [1.54, 1.807) is 0 Å². The second-order valence-corrected chi connectivity index (χ2v) is 31.3. The van der Waals surface area contributed by atoms with Gasteiger partial charge in [0.05, 0.1) is 26.4 Å². The number of aliphatic hydroxyl groups excluding tert-OH is 1. The van der Waals surface area contributed by atoms with Gasteiger partial charge in [-0.3, -0.25) is 37.3 Å². The molecule has 0 aromatic heterocycles. The summed E-state index contributed by atoms with van der Waals surface area (Å²) >= 11 is 0. The van der Waals surface area contributed by atoms with Crippen molar-refractivity contribution in [1.82, 2.24) is 0 Å². The van der Waals surface area contributed by atoms with E-state index in [9.17, 15) is 43.2 Å². The van der Waals surface area contributed by atoms with E-state index in [2.05, 4.69) is 55.4 Å². The number of hydrogen-bond acceptors (Lipinski definition) is 15. The summed E-state index contributed by atoms with van der Waals surface area (Å²) in [5.41, 5.74) is 0. The summed E-state index contributed by atoms with van der Waals surface area (Å²) in [6, 6.07) is 0. The minimum Gasteiger partial charge on any atom is -0.462 e. The van der Waals surface area contributed by atoms with Crippen LogP contribution in [0.15, 0.2) is 0 Å². The van der Waals surface area contributed by atoms with Crippen LogP contribution in [0.2, 0.25) is 0 Å². The van der Waals surface area contributed by atoms with Gasteiger partial charge in [0.1, 0.15) is 19.3 Å². The molecule has 0 heterocycles. The molecule has 0 fully saturated rings. The van der Waals surface area contributed by atoms with Crippen molar-refractivity contribution in [2.24, 2.45) is 23.7 Å². The summed E-state index contributed by atoms with van der Waals surface area (Å²) in [7, 11) is -9.91. The van der Waals surface area contributed by atoms with Crippen molar-refractivity contribution < 1.29 is 80.2 Å². The molecule has 0 aromatic rings. The van der Waals surface area contributed by atoms with Gasteiger partial charge in [-0.15, -0.1) is 0 Å². The maximum atomic E-state index is 13.1. The van der Waals surface area contributed by atoms with E-state index in [0.29, 0.717) is 31.6 Å². The monoisotopic (exact) mass is 1370 g/mol. The Morgan fingerprint density at radius 2 is 0.516 bits per heavy atom. The molecule has 552 valence electrons. The molecule has 17 nitrogen and oxygen atoms in total. The number of phosphoric acid groups is 2. The molecular weight excluding hydrogens is 1220 g/mol. The molecule has 4 unspecified atom stereocenters. The van der Waals surface area contributed by atoms with Crippen molar-refractivity contribution in [3.63, 3.8) is 0 Å². The van der Waals surface area contributed by atoms with Crippen LogP contribution in [-0.2, 0) is 65.4 Å². The van der Waals surface area contributed by atoms with E-state index in [4.69, 9.17) is 37.0 Å². The second-order valence-electron chi connectivity index (χ2n) is 28.4. The topological polar surface area (TPSA) is 237 Å². The van der Waals surface area contributed by atoms with Gasteiger partial charge in [0.15, 0.2) is 12.2 Å². The van der Waals surface area contributed by atoms with Crippen LogP contribution in [-0.4, -0.2) is 96.7 Å². The van der Waals surface area contributed by atoms with Crippen LogP contribution in [0.25, 0.3) is 0 Å². The largest absolute Gasteiger partial charge is 0.472 e. The first-order chi connectivity index (χ1) is 44.6. The van der Waals surface area contributed by atoms with Gasteiger partial charge >= 0.3 is 39.5 Å². The predicted octanol–water partition coefficient (Wildman–Crippen LogP) is 21.3. The summed E-state index contributed by atoms with van der Waals surface area (Å²) in [6.45, 7) is 14.1. The van der Waals surface area contributed by atoms with Crippen LogP contribution in [0.1, 0.15) is 370 Å². The average Bonchev–Trinajstić information content (AvgIpc) is 1.80. The molecule has 0 saturated carbocycles. The number of unbranched alkanes of at least 4 members (excludes halogenated alkanes) is 36. The van der Waals surface area contributed by atoms with E-state index < -0.39 is 97.5 Å². The minimum absolute atomic E-state index is 0.102. The van der Waals surface area contributed by atoms with Crippen LogP contribution in [0.5, 0.6) is 0 Å². The molecule has 6 atom stereocenters. The summed E-state index contributed by atoms with van der Waals surface area (Å²) in [4.78, 5) is 72.7. The highest BCUT2D eigenvalue weighted by molar-refractivity contribution is 7.47. The number of rotatable bonds is 71. The lowest BCUT2D eigenvalue weighted by Crippen LogP contribution is -2.30. The zero-order valence-corrected chi connectivity index (χ0v) is 62.7. The maximum Gasteiger partial charge on any atom is 0.472 e. The van der Waals surface area contributed by atoms with E-state index in [1.807, 2.05) is 0 Å². The molecule has 0 saturated heterocycles.